The molecule has 0 radical (unpaired) electrons. The first kappa shape index (κ1) is 15.9. The number of aromatic nitrogens is 3. The second kappa shape index (κ2) is 6.66. The maximum absolute atomic E-state index is 4.60. The fraction of sp³-hybridized carbons (Fsp3) is 0.600. The zero-order valence-electron chi connectivity index (χ0n) is 12.7. The van der Waals surface area contributed by atoms with E-state index in [1.54, 1.807) is 0 Å². The van der Waals surface area contributed by atoms with E-state index in [4.69, 9.17) is 0 Å². The van der Waals surface area contributed by atoms with E-state index < -0.39 is 0 Å². The van der Waals surface area contributed by atoms with Crippen LogP contribution in [0.4, 0.5) is 0 Å². The van der Waals surface area contributed by atoms with Gasteiger partial charge >= 0.3 is 0 Å². The first-order valence-corrected chi connectivity index (χ1v) is 8.55. The normalized spacial score (nSPS) is 22.5. The number of imidazole rings is 1. The summed E-state index contributed by atoms with van der Waals surface area (Å²) < 4.78 is 2.14. The minimum Gasteiger partial charge on any atom is -0.337 e. The van der Waals surface area contributed by atoms with Crippen LogP contribution in [0.3, 0.4) is 0 Å². The van der Waals surface area contributed by atoms with Crippen LogP contribution in [0.15, 0.2) is 17.9 Å². The van der Waals surface area contributed by atoms with Crippen molar-refractivity contribution in [1.29, 1.82) is 0 Å². The highest BCUT2D eigenvalue weighted by Crippen LogP contribution is 2.42. The van der Waals surface area contributed by atoms with Gasteiger partial charge < -0.3 is 9.88 Å². The molecule has 1 saturated heterocycles. The Morgan fingerprint density at radius 1 is 1.36 bits per heavy atom. The van der Waals surface area contributed by atoms with E-state index in [0.717, 1.165) is 37.9 Å². The maximum atomic E-state index is 4.60. The molecule has 1 aliphatic carbocycles. The number of hydrogen-bond donors (Lipinski definition) is 1. The Hall–Kier alpha value is -0.950. The summed E-state index contributed by atoms with van der Waals surface area (Å²) in [4.78, 5) is 13.2. The summed E-state index contributed by atoms with van der Waals surface area (Å²) in [5, 5.41) is 3.50. The van der Waals surface area contributed by atoms with Crippen molar-refractivity contribution in [3.8, 4) is 0 Å². The van der Waals surface area contributed by atoms with Gasteiger partial charge in [-0.25, -0.2) is 9.97 Å². The van der Waals surface area contributed by atoms with Gasteiger partial charge in [-0.05, 0) is 12.8 Å². The molecule has 7 heteroatoms. The van der Waals surface area contributed by atoms with Crippen LogP contribution in [-0.2, 0) is 13.6 Å². The Balaban J connectivity index is 0.00000144. The van der Waals surface area contributed by atoms with Gasteiger partial charge in [-0.15, -0.1) is 23.7 Å². The third-order valence-electron chi connectivity index (χ3n) is 4.49. The van der Waals surface area contributed by atoms with Gasteiger partial charge in [0.25, 0.3) is 0 Å². The van der Waals surface area contributed by atoms with Gasteiger partial charge in [-0.1, -0.05) is 0 Å². The molecule has 2 aromatic rings. The highest BCUT2D eigenvalue weighted by Gasteiger charge is 2.31. The van der Waals surface area contributed by atoms with Crippen LogP contribution in [0, 0.1) is 0 Å². The highest BCUT2D eigenvalue weighted by atomic mass is 35.5. The summed E-state index contributed by atoms with van der Waals surface area (Å²) in [6, 6.07) is 0.355. The molecule has 0 amide bonds. The van der Waals surface area contributed by atoms with Crippen molar-refractivity contribution in [2.24, 2.45) is 7.05 Å². The standard InChI is InChI=1S/C15H21N5S.ClH/c1-19-6-5-17-15(19)12-8-16-4-7-20(12)9-13-14(11-2-3-11)18-10-21-13;/h5-6,10-12,16H,2-4,7-9H2,1H3;1H. The molecule has 2 aliphatic rings. The minimum absolute atomic E-state index is 0. The highest BCUT2D eigenvalue weighted by molar-refractivity contribution is 7.09. The van der Waals surface area contributed by atoms with Crippen LogP contribution < -0.4 is 5.32 Å². The SMILES string of the molecule is Cl.Cn1ccnc1C1CNCCN1Cc1scnc1C1CC1. The molecular weight excluding hydrogens is 318 g/mol. The molecule has 2 fully saturated rings. The van der Waals surface area contributed by atoms with E-state index in [0.29, 0.717) is 6.04 Å². The van der Waals surface area contributed by atoms with Crippen LogP contribution in [-0.4, -0.2) is 39.1 Å². The molecule has 22 heavy (non-hydrogen) atoms. The van der Waals surface area contributed by atoms with Gasteiger partial charge in [-0.2, -0.15) is 0 Å². The Morgan fingerprint density at radius 2 is 2.23 bits per heavy atom. The quantitative estimate of drug-likeness (QED) is 0.928. The fourth-order valence-electron chi connectivity index (χ4n) is 3.16. The zero-order valence-corrected chi connectivity index (χ0v) is 14.4. The molecule has 0 spiro atoms. The van der Waals surface area contributed by atoms with Gasteiger partial charge in [0.05, 0.1) is 17.2 Å². The number of piperazine rings is 1. The smallest absolute Gasteiger partial charge is 0.127 e. The van der Waals surface area contributed by atoms with Crippen LogP contribution in [0.25, 0.3) is 0 Å². The van der Waals surface area contributed by atoms with E-state index in [1.165, 1.54) is 23.4 Å². The lowest BCUT2D eigenvalue weighted by Crippen LogP contribution is -2.46. The Kier molecular flexibility index (Phi) is 4.82. The van der Waals surface area contributed by atoms with Crippen molar-refractivity contribution >= 4 is 23.7 Å². The Labute approximate surface area is 141 Å². The zero-order chi connectivity index (χ0) is 14.2. The molecule has 1 aliphatic heterocycles. The summed E-state index contributed by atoms with van der Waals surface area (Å²) in [6.45, 7) is 4.11. The second-order valence-electron chi connectivity index (χ2n) is 6.02. The number of nitrogens with one attached hydrogen (secondary N) is 1. The molecule has 5 nitrogen and oxygen atoms in total. The first-order valence-electron chi connectivity index (χ1n) is 7.67. The van der Waals surface area contributed by atoms with Crippen LogP contribution >= 0.6 is 23.7 Å². The van der Waals surface area contributed by atoms with Crippen LogP contribution in [0.2, 0.25) is 0 Å². The molecule has 4 rings (SSSR count). The number of halogens is 1. The molecule has 0 bridgehead atoms. The third kappa shape index (κ3) is 3.06. The van der Waals surface area contributed by atoms with Gasteiger partial charge in [0.2, 0.25) is 0 Å². The van der Waals surface area contributed by atoms with E-state index in [9.17, 15) is 0 Å². The Bertz CT molecular complexity index is 621. The van der Waals surface area contributed by atoms with Gasteiger partial charge in [0, 0.05) is 56.4 Å². The summed E-state index contributed by atoms with van der Waals surface area (Å²) in [5.74, 6) is 1.89. The topological polar surface area (TPSA) is 46.0 Å². The number of hydrogen-bond acceptors (Lipinski definition) is 5. The minimum atomic E-state index is 0. The molecule has 1 saturated carbocycles. The molecule has 0 aromatic carbocycles. The van der Waals surface area contributed by atoms with Gasteiger partial charge in [0.1, 0.15) is 5.82 Å². The predicted octanol–water partition coefficient (Wildman–Crippen LogP) is 2.32. The van der Waals surface area contributed by atoms with Crippen molar-refractivity contribution in [3.63, 3.8) is 0 Å². The number of aryl methyl sites for hydroxylation is 1. The van der Waals surface area contributed by atoms with Crippen molar-refractivity contribution < 1.29 is 0 Å². The van der Waals surface area contributed by atoms with E-state index >= 15 is 0 Å². The lowest BCUT2D eigenvalue weighted by atomic mass is 10.1. The summed E-state index contributed by atoms with van der Waals surface area (Å²) in [7, 11) is 2.08. The molecular formula is C15H22ClN5S. The Morgan fingerprint density at radius 3 is 2.95 bits per heavy atom. The summed E-state index contributed by atoms with van der Waals surface area (Å²) in [5.41, 5.74) is 3.37. The first-order chi connectivity index (χ1) is 10.3. The molecule has 2 aromatic heterocycles. The number of nitrogens with zero attached hydrogens (tertiary/aromatic N) is 4. The molecule has 1 N–H and O–H groups in total. The molecule has 3 heterocycles. The second-order valence-corrected chi connectivity index (χ2v) is 6.96. The van der Waals surface area contributed by atoms with Gasteiger partial charge in [-0.3, -0.25) is 4.90 Å². The lowest BCUT2D eigenvalue weighted by Gasteiger charge is -2.35. The van der Waals surface area contributed by atoms with Crippen molar-refractivity contribution in [1.82, 2.24) is 24.8 Å². The number of thiazole rings is 1. The lowest BCUT2D eigenvalue weighted by molar-refractivity contribution is 0.145. The average molecular weight is 340 g/mol. The van der Waals surface area contributed by atoms with E-state index in [2.05, 4.69) is 31.8 Å². The van der Waals surface area contributed by atoms with Crippen LogP contribution in [0.1, 0.15) is 41.2 Å². The average Bonchev–Trinajstić information content (AvgIpc) is 3.09. The predicted molar refractivity (Wildman–Crippen MR) is 90.6 cm³/mol. The van der Waals surface area contributed by atoms with Crippen molar-refractivity contribution in [2.45, 2.75) is 31.3 Å². The maximum Gasteiger partial charge on any atom is 0.127 e. The molecule has 1 unspecified atom stereocenters. The largest absolute Gasteiger partial charge is 0.337 e. The van der Waals surface area contributed by atoms with Gasteiger partial charge in [0.15, 0.2) is 0 Å². The van der Waals surface area contributed by atoms with E-state index in [-0.39, 0.29) is 12.4 Å². The van der Waals surface area contributed by atoms with E-state index in [1.807, 2.05) is 29.2 Å². The number of rotatable bonds is 4. The van der Waals surface area contributed by atoms with Crippen molar-refractivity contribution in [3.05, 3.63) is 34.3 Å². The monoisotopic (exact) mass is 339 g/mol. The van der Waals surface area contributed by atoms with Crippen molar-refractivity contribution in [2.75, 3.05) is 19.6 Å². The summed E-state index contributed by atoms with van der Waals surface area (Å²) >= 11 is 1.81. The fourth-order valence-corrected chi connectivity index (χ4v) is 4.03. The van der Waals surface area contributed by atoms with Crippen LogP contribution in [0.5, 0.6) is 0 Å². The molecule has 1 atom stereocenters. The molecule has 120 valence electrons. The third-order valence-corrected chi connectivity index (χ3v) is 5.33. The summed E-state index contributed by atoms with van der Waals surface area (Å²) in [6.07, 6.45) is 6.57.